The minimum absolute atomic E-state index is 0.753. The SMILES string of the molecule is Cc1ccc2c(CCCCN)c(-c3ccc4sc5ccccc5c4c3)[nH]c2c1C. The highest BCUT2D eigenvalue weighted by atomic mass is 32.1. The summed E-state index contributed by atoms with van der Waals surface area (Å²) >= 11 is 1.87. The third kappa shape index (κ3) is 3.06. The fourth-order valence-corrected chi connectivity index (χ4v) is 5.48. The van der Waals surface area contributed by atoms with E-state index in [1.54, 1.807) is 0 Å². The summed E-state index contributed by atoms with van der Waals surface area (Å²) in [4.78, 5) is 3.79. The molecule has 0 atom stereocenters. The van der Waals surface area contributed by atoms with Crippen molar-refractivity contribution < 1.29 is 0 Å². The second-order valence-corrected chi connectivity index (χ2v) is 9.05. The van der Waals surface area contributed by atoms with E-state index in [9.17, 15) is 0 Å². The Bertz CT molecular complexity index is 1340. The molecule has 146 valence electrons. The van der Waals surface area contributed by atoms with Crippen molar-refractivity contribution in [3.63, 3.8) is 0 Å². The van der Waals surface area contributed by atoms with Gasteiger partial charge in [0.25, 0.3) is 0 Å². The number of rotatable bonds is 5. The van der Waals surface area contributed by atoms with Crippen molar-refractivity contribution >= 4 is 42.4 Å². The first-order chi connectivity index (χ1) is 14.2. The van der Waals surface area contributed by atoms with Gasteiger partial charge in [-0.1, -0.05) is 36.4 Å². The molecule has 3 aromatic carbocycles. The van der Waals surface area contributed by atoms with Crippen molar-refractivity contribution in [3.05, 3.63) is 71.3 Å². The van der Waals surface area contributed by atoms with Crippen molar-refractivity contribution in [3.8, 4) is 11.3 Å². The molecular formula is C26H26N2S. The molecule has 0 saturated heterocycles. The van der Waals surface area contributed by atoms with E-state index in [4.69, 9.17) is 5.73 Å². The Hall–Kier alpha value is -2.62. The van der Waals surface area contributed by atoms with Crippen LogP contribution in [0.2, 0.25) is 0 Å². The Morgan fingerprint density at radius 2 is 1.69 bits per heavy atom. The minimum atomic E-state index is 0.753. The van der Waals surface area contributed by atoms with Crippen molar-refractivity contribution in [2.45, 2.75) is 33.1 Å². The molecule has 29 heavy (non-hydrogen) atoms. The largest absolute Gasteiger partial charge is 0.354 e. The zero-order chi connectivity index (χ0) is 20.0. The molecule has 3 N–H and O–H groups in total. The number of thiophene rings is 1. The van der Waals surface area contributed by atoms with Crippen molar-refractivity contribution in [2.24, 2.45) is 5.73 Å². The number of nitrogens with two attached hydrogens (primary N) is 1. The minimum Gasteiger partial charge on any atom is -0.354 e. The average molecular weight is 399 g/mol. The summed E-state index contributed by atoms with van der Waals surface area (Å²) in [6.45, 7) is 5.16. The third-order valence-electron chi connectivity index (χ3n) is 6.16. The molecule has 0 aliphatic rings. The van der Waals surface area contributed by atoms with Gasteiger partial charge in [-0.05, 0) is 80.1 Å². The van der Waals surface area contributed by atoms with E-state index in [-0.39, 0.29) is 0 Å². The molecule has 0 fully saturated rings. The average Bonchev–Trinajstić information content (AvgIpc) is 3.29. The number of aryl methyl sites for hydroxylation is 3. The molecule has 5 rings (SSSR count). The van der Waals surface area contributed by atoms with E-state index >= 15 is 0 Å². The fraction of sp³-hybridized carbons (Fsp3) is 0.231. The highest BCUT2D eigenvalue weighted by Gasteiger charge is 2.16. The Kier molecular flexibility index (Phi) is 4.65. The number of hydrogen-bond acceptors (Lipinski definition) is 2. The van der Waals surface area contributed by atoms with Crippen LogP contribution < -0.4 is 5.73 Å². The van der Waals surface area contributed by atoms with Gasteiger partial charge in [0, 0.05) is 36.8 Å². The van der Waals surface area contributed by atoms with Crippen LogP contribution in [0.1, 0.15) is 29.5 Å². The van der Waals surface area contributed by atoms with Crippen LogP contribution in [0.15, 0.2) is 54.6 Å². The van der Waals surface area contributed by atoms with E-state index < -0.39 is 0 Å². The van der Waals surface area contributed by atoms with E-state index in [1.165, 1.54) is 59.0 Å². The molecule has 0 spiro atoms. The first-order valence-corrected chi connectivity index (χ1v) is 11.2. The molecule has 0 bridgehead atoms. The lowest BCUT2D eigenvalue weighted by atomic mass is 9.97. The lowest BCUT2D eigenvalue weighted by Gasteiger charge is -2.06. The highest BCUT2D eigenvalue weighted by Crippen LogP contribution is 2.39. The summed E-state index contributed by atoms with van der Waals surface area (Å²) in [5.74, 6) is 0. The van der Waals surface area contributed by atoms with E-state index in [1.807, 2.05) is 11.3 Å². The van der Waals surface area contributed by atoms with Gasteiger partial charge in [-0.3, -0.25) is 0 Å². The first-order valence-electron chi connectivity index (χ1n) is 10.4. The van der Waals surface area contributed by atoms with Gasteiger partial charge in [0.05, 0.1) is 0 Å². The van der Waals surface area contributed by atoms with Crippen LogP contribution in [0.25, 0.3) is 42.3 Å². The molecule has 0 unspecified atom stereocenters. The van der Waals surface area contributed by atoms with Gasteiger partial charge in [0.15, 0.2) is 0 Å². The lowest BCUT2D eigenvalue weighted by molar-refractivity contribution is 0.748. The number of hydrogen-bond donors (Lipinski definition) is 2. The molecule has 0 saturated carbocycles. The normalized spacial score (nSPS) is 11.8. The first kappa shape index (κ1) is 18.4. The quantitative estimate of drug-likeness (QED) is 0.305. The second kappa shape index (κ2) is 7.33. The smallest absolute Gasteiger partial charge is 0.0497 e. The monoisotopic (exact) mass is 398 g/mol. The van der Waals surface area contributed by atoms with Gasteiger partial charge in [0.2, 0.25) is 0 Å². The number of aromatic nitrogens is 1. The molecule has 2 nitrogen and oxygen atoms in total. The summed E-state index contributed by atoms with van der Waals surface area (Å²) in [6, 6.07) is 20.2. The molecule has 2 aromatic heterocycles. The Morgan fingerprint density at radius 1 is 0.862 bits per heavy atom. The third-order valence-corrected chi connectivity index (χ3v) is 7.31. The number of nitrogens with one attached hydrogen (secondary N) is 1. The Labute approximate surface area is 175 Å². The van der Waals surface area contributed by atoms with E-state index in [0.29, 0.717) is 0 Å². The van der Waals surface area contributed by atoms with Crippen LogP contribution in [-0.4, -0.2) is 11.5 Å². The summed E-state index contributed by atoms with van der Waals surface area (Å²) < 4.78 is 2.70. The van der Waals surface area contributed by atoms with Gasteiger partial charge in [-0.2, -0.15) is 0 Å². The maximum atomic E-state index is 5.77. The molecule has 0 amide bonds. The fourth-order valence-electron chi connectivity index (χ4n) is 4.40. The van der Waals surface area contributed by atoms with Gasteiger partial charge in [-0.25, -0.2) is 0 Å². The van der Waals surface area contributed by atoms with Crippen LogP contribution >= 0.6 is 11.3 Å². The summed E-state index contributed by atoms with van der Waals surface area (Å²) in [5, 5.41) is 4.06. The molecule has 0 aliphatic heterocycles. The van der Waals surface area contributed by atoms with E-state index in [0.717, 1.165) is 25.8 Å². The summed E-state index contributed by atoms with van der Waals surface area (Å²) in [5.41, 5.74) is 13.7. The number of aromatic amines is 1. The number of fused-ring (bicyclic) bond motifs is 4. The topological polar surface area (TPSA) is 41.8 Å². The lowest BCUT2D eigenvalue weighted by Crippen LogP contribution is -1.99. The van der Waals surface area contributed by atoms with Crippen LogP contribution in [0.5, 0.6) is 0 Å². The molecule has 0 radical (unpaired) electrons. The van der Waals surface area contributed by atoms with E-state index in [2.05, 4.69) is 73.4 Å². The van der Waals surface area contributed by atoms with Gasteiger partial charge >= 0.3 is 0 Å². The van der Waals surface area contributed by atoms with Crippen molar-refractivity contribution in [2.75, 3.05) is 6.54 Å². The van der Waals surface area contributed by atoms with Crippen LogP contribution in [-0.2, 0) is 6.42 Å². The number of H-pyrrole nitrogens is 1. The predicted molar refractivity (Wildman–Crippen MR) is 128 cm³/mol. The van der Waals surface area contributed by atoms with Crippen LogP contribution in [0, 0.1) is 13.8 Å². The Balaban J connectivity index is 1.73. The predicted octanol–water partition coefficient (Wildman–Crippen LogP) is 7.10. The Morgan fingerprint density at radius 3 is 2.55 bits per heavy atom. The van der Waals surface area contributed by atoms with Crippen molar-refractivity contribution in [1.82, 2.24) is 4.98 Å². The standard InChI is InChI=1S/C26H26N2S/c1-16-10-12-21-20(8-5-6-14-27)26(28-25(21)17(16)2)18-11-13-24-22(15-18)19-7-3-4-9-23(19)29-24/h3-4,7,9-13,15,28H,5-6,8,14,27H2,1-2H3. The van der Waals surface area contributed by atoms with Crippen molar-refractivity contribution in [1.29, 1.82) is 0 Å². The summed E-state index contributed by atoms with van der Waals surface area (Å²) in [7, 11) is 0. The number of unbranched alkanes of at least 4 members (excludes halogenated alkanes) is 1. The molecule has 0 aliphatic carbocycles. The number of benzene rings is 3. The maximum Gasteiger partial charge on any atom is 0.0497 e. The van der Waals surface area contributed by atoms with Crippen LogP contribution in [0.4, 0.5) is 0 Å². The molecule has 5 aromatic rings. The van der Waals surface area contributed by atoms with Gasteiger partial charge < -0.3 is 10.7 Å². The zero-order valence-corrected chi connectivity index (χ0v) is 17.8. The zero-order valence-electron chi connectivity index (χ0n) is 17.0. The molecular weight excluding hydrogens is 372 g/mol. The summed E-state index contributed by atoms with van der Waals surface area (Å²) in [6.07, 6.45) is 3.23. The molecule has 3 heteroatoms. The maximum absolute atomic E-state index is 5.77. The molecule has 2 heterocycles. The van der Waals surface area contributed by atoms with Crippen LogP contribution in [0.3, 0.4) is 0 Å². The second-order valence-electron chi connectivity index (χ2n) is 7.96. The van der Waals surface area contributed by atoms with Gasteiger partial charge in [-0.15, -0.1) is 11.3 Å². The van der Waals surface area contributed by atoms with Gasteiger partial charge in [0.1, 0.15) is 0 Å². The highest BCUT2D eigenvalue weighted by molar-refractivity contribution is 7.25.